The monoisotopic (exact) mass is 329 g/mol. The molecule has 0 unspecified atom stereocenters. The van der Waals surface area contributed by atoms with Crippen LogP contribution in [0.3, 0.4) is 0 Å². The molecule has 1 N–H and O–H groups in total. The standard InChI is InChI=1S/C18H20FN3O2/c1-22-9-8-14(17(22)12-4-6-13(19)7-5-12)20-18(23)15-10-16(24-21-15)11-2-3-11/h4-7,10-11,14,17H,2-3,8-9H2,1H3,(H,20,23)/t14-,17+/m1/s1. The number of likely N-dealkylation sites (tertiary alicyclic amines) is 1. The van der Waals surface area contributed by atoms with E-state index in [0.29, 0.717) is 11.6 Å². The Morgan fingerprint density at radius 3 is 2.75 bits per heavy atom. The van der Waals surface area contributed by atoms with Crippen LogP contribution < -0.4 is 5.32 Å². The molecule has 1 aliphatic heterocycles. The van der Waals surface area contributed by atoms with Crippen molar-refractivity contribution in [2.45, 2.75) is 37.3 Å². The molecule has 1 saturated heterocycles. The molecular formula is C18H20FN3O2. The van der Waals surface area contributed by atoms with E-state index in [1.807, 2.05) is 7.05 Å². The van der Waals surface area contributed by atoms with Gasteiger partial charge >= 0.3 is 0 Å². The second-order valence-electron chi connectivity index (χ2n) is 6.73. The summed E-state index contributed by atoms with van der Waals surface area (Å²) in [4.78, 5) is 14.7. The van der Waals surface area contributed by atoms with Crippen molar-refractivity contribution in [3.63, 3.8) is 0 Å². The first-order chi connectivity index (χ1) is 11.6. The number of halogens is 1. The predicted molar refractivity (Wildman–Crippen MR) is 86.1 cm³/mol. The lowest BCUT2D eigenvalue weighted by molar-refractivity contribution is 0.0918. The lowest BCUT2D eigenvalue weighted by Crippen LogP contribution is -2.39. The number of rotatable bonds is 4. The van der Waals surface area contributed by atoms with Crippen LogP contribution in [-0.2, 0) is 0 Å². The minimum Gasteiger partial charge on any atom is -0.360 e. The van der Waals surface area contributed by atoms with Crippen LogP contribution in [-0.4, -0.2) is 35.6 Å². The number of likely N-dealkylation sites (N-methyl/N-ethyl adjacent to an activating group) is 1. The summed E-state index contributed by atoms with van der Waals surface area (Å²) in [6.45, 7) is 0.874. The van der Waals surface area contributed by atoms with Crippen molar-refractivity contribution < 1.29 is 13.7 Å². The van der Waals surface area contributed by atoms with E-state index in [4.69, 9.17) is 4.52 Å². The summed E-state index contributed by atoms with van der Waals surface area (Å²) >= 11 is 0. The predicted octanol–water partition coefficient (Wildman–Crippen LogP) is 2.87. The van der Waals surface area contributed by atoms with Gasteiger partial charge < -0.3 is 9.84 Å². The van der Waals surface area contributed by atoms with Crippen LogP contribution in [0.5, 0.6) is 0 Å². The van der Waals surface area contributed by atoms with Gasteiger partial charge in [-0.1, -0.05) is 17.3 Å². The second-order valence-corrected chi connectivity index (χ2v) is 6.73. The Balaban J connectivity index is 1.49. The molecule has 5 nitrogen and oxygen atoms in total. The van der Waals surface area contributed by atoms with Crippen LogP contribution in [0.2, 0.25) is 0 Å². The van der Waals surface area contributed by atoms with E-state index < -0.39 is 0 Å². The first-order valence-corrected chi connectivity index (χ1v) is 8.35. The highest BCUT2D eigenvalue weighted by Crippen LogP contribution is 2.40. The third-order valence-corrected chi connectivity index (χ3v) is 4.92. The van der Waals surface area contributed by atoms with Crippen LogP contribution in [0.25, 0.3) is 0 Å². The second kappa shape index (κ2) is 6.02. The average Bonchev–Trinajstić information content (AvgIpc) is 3.19. The fourth-order valence-electron chi connectivity index (χ4n) is 3.44. The van der Waals surface area contributed by atoms with Crippen molar-refractivity contribution >= 4 is 5.91 Å². The van der Waals surface area contributed by atoms with Gasteiger partial charge in [-0.05, 0) is 44.0 Å². The van der Waals surface area contributed by atoms with Gasteiger partial charge in [-0.15, -0.1) is 0 Å². The Kier molecular flexibility index (Phi) is 3.84. The fourth-order valence-corrected chi connectivity index (χ4v) is 3.44. The SMILES string of the molecule is CN1CC[C@@H](NC(=O)c2cc(C3CC3)on2)[C@@H]1c1ccc(F)cc1. The van der Waals surface area contributed by atoms with Crippen LogP contribution >= 0.6 is 0 Å². The third-order valence-electron chi connectivity index (χ3n) is 4.92. The minimum atomic E-state index is -0.254. The van der Waals surface area contributed by atoms with Crippen LogP contribution in [0, 0.1) is 5.82 Å². The van der Waals surface area contributed by atoms with Gasteiger partial charge in [0.15, 0.2) is 5.69 Å². The summed E-state index contributed by atoms with van der Waals surface area (Å²) < 4.78 is 18.4. The van der Waals surface area contributed by atoms with Crippen molar-refractivity contribution in [2.24, 2.45) is 0 Å². The molecule has 2 heterocycles. The van der Waals surface area contributed by atoms with E-state index in [-0.39, 0.29) is 23.8 Å². The molecule has 2 aliphatic rings. The van der Waals surface area contributed by atoms with E-state index in [1.165, 1.54) is 12.1 Å². The van der Waals surface area contributed by atoms with Gasteiger partial charge in [0.25, 0.3) is 5.91 Å². The van der Waals surface area contributed by atoms with Crippen molar-refractivity contribution in [1.82, 2.24) is 15.4 Å². The molecule has 2 fully saturated rings. The van der Waals surface area contributed by atoms with Gasteiger partial charge in [0.05, 0.1) is 12.1 Å². The molecule has 126 valence electrons. The van der Waals surface area contributed by atoms with Gasteiger partial charge in [0.2, 0.25) is 0 Å². The summed E-state index contributed by atoms with van der Waals surface area (Å²) in [5, 5.41) is 6.96. The molecule has 1 aliphatic carbocycles. The first kappa shape index (κ1) is 15.3. The zero-order valence-electron chi connectivity index (χ0n) is 13.5. The largest absolute Gasteiger partial charge is 0.360 e. The van der Waals surface area contributed by atoms with Crippen molar-refractivity contribution in [3.05, 3.63) is 53.2 Å². The number of carbonyl (C=O) groups is 1. The number of hydrogen-bond acceptors (Lipinski definition) is 4. The van der Waals surface area contributed by atoms with E-state index in [1.54, 1.807) is 18.2 Å². The zero-order valence-corrected chi connectivity index (χ0v) is 13.5. The number of benzene rings is 1. The first-order valence-electron chi connectivity index (χ1n) is 8.35. The lowest BCUT2D eigenvalue weighted by atomic mass is 10.00. The molecule has 2 aromatic rings. The molecule has 2 atom stereocenters. The summed E-state index contributed by atoms with van der Waals surface area (Å²) in [7, 11) is 2.02. The number of aromatic nitrogens is 1. The molecule has 0 spiro atoms. The summed E-state index contributed by atoms with van der Waals surface area (Å²) in [5.74, 6) is 0.774. The summed E-state index contributed by atoms with van der Waals surface area (Å²) in [6.07, 6.45) is 3.06. The number of hydrogen-bond donors (Lipinski definition) is 1. The maximum atomic E-state index is 13.2. The smallest absolute Gasteiger partial charge is 0.273 e. The van der Waals surface area contributed by atoms with Gasteiger partial charge in [-0.25, -0.2) is 4.39 Å². The maximum absolute atomic E-state index is 13.2. The molecule has 1 aromatic heterocycles. The molecule has 1 saturated carbocycles. The number of amides is 1. The number of carbonyl (C=O) groups excluding carboxylic acids is 1. The zero-order chi connectivity index (χ0) is 16.7. The lowest BCUT2D eigenvalue weighted by Gasteiger charge is -2.26. The fraction of sp³-hybridized carbons (Fsp3) is 0.444. The normalized spacial score (nSPS) is 24.2. The third kappa shape index (κ3) is 2.94. The Hall–Kier alpha value is -2.21. The quantitative estimate of drug-likeness (QED) is 0.937. The molecule has 6 heteroatoms. The Labute approximate surface area is 139 Å². The summed E-state index contributed by atoms with van der Waals surface area (Å²) in [5.41, 5.74) is 1.34. The Morgan fingerprint density at radius 2 is 2.04 bits per heavy atom. The van der Waals surface area contributed by atoms with E-state index in [2.05, 4.69) is 15.4 Å². The average molecular weight is 329 g/mol. The van der Waals surface area contributed by atoms with Gasteiger partial charge in [-0.3, -0.25) is 9.69 Å². The maximum Gasteiger partial charge on any atom is 0.273 e. The summed E-state index contributed by atoms with van der Waals surface area (Å²) in [6, 6.07) is 8.22. The van der Waals surface area contributed by atoms with Crippen LogP contribution in [0.1, 0.15) is 53.0 Å². The van der Waals surface area contributed by atoms with E-state index in [9.17, 15) is 9.18 Å². The van der Waals surface area contributed by atoms with Gasteiger partial charge in [0.1, 0.15) is 11.6 Å². The topological polar surface area (TPSA) is 58.4 Å². The van der Waals surface area contributed by atoms with Crippen molar-refractivity contribution in [3.8, 4) is 0 Å². The highest BCUT2D eigenvalue weighted by molar-refractivity contribution is 5.92. The van der Waals surface area contributed by atoms with E-state index >= 15 is 0 Å². The molecular weight excluding hydrogens is 309 g/mol. The Bertz CT molecular complexity index is 739. The molecule has 0 bridgehead atoms. The number of nitrogens with one attached hydrogen (secondary N) is 1. The van der Waals surface area contributed by atoms with Crippen LogP contribution in [0.4, 0.5) is 4.39 Å². The van der Waals surface area contributed by atoms with E-state index in [0.717, 1.165) is 37.1 Å². The molecule has 24 heavy (non-hydrogen) atoms. The molecule has 0 radical (unpaired) electrons. The molecule has 1 aromatic carbocycles. The van der Waals surface area contributed by atoms with Gasteiger partial charge in [0, 0.05) is 18.5 Å². The van der Waals surface area contributed by atoms with Crippen LogP contribution in [0.15, 0.2) is 34.9 Å². The molecule has 4 rings (SSSR count). The molecule has 1 amide bonds. The minimum absolute atomic E-state index is 0.0318. The van der Waals surface area contributed by atoms with Crippen molar-refractivity contribution in [1.29, 1.82) is 0 Å². The highest BCUT2D eigenvalue weighted by Gasteiger charge is 2.35. The van der Waals surface area contributed by atoms with Crippen molar-refractivity contribution in [2.75, 3.05) is 13.6 Å². The number of nitrogens with zero attached hydrogens (tertiary/aromatic N) is 2. The van der Waals surface area contributed by atoms with Gasteiger partial charge in [-0.2, -0.15) is 0 Å². The highest BCUT2D eigenvalue weighted by atomic mass is 19.1. The Morgan fingerprint density at radius 1 is 1.29 bits per heavy atom.